The summed E-state index contributed by atoms with van der Waals surface area (Å²) in [5.41, 5.74) is 0.686. The molecule has 1 fully saturated rings. The van der Waals surface area contributed by atoms with Crippen molar-refractivity contribution < 1.29 is 15.0 Å². The number of aliphatic hydroxyl groups is 2. The van der Waals surface area contributed by atoms with E-state index in [1.807, 2.05) is 0 Å². The Balaban J connectivity index is 2.00. The second-order valence-corrected chi connectivity index (χ2v) is 6.03. The molecule has 122 valence electrons. The summed E-state index contributed by atoms with van der Waals surface area (Å²) in [6.45, 7) is 3.99. The molecule has 0 radical (unpaired) electrons. The SMILES string of the molecule is Cc1nc(=O)[nH]c(C)c1CCC(=O)N1CCCC(O)(CO)C1. The molecule has 1 aliphatic rings. The molecule has 1 aromatic rings. The Bertz CT molecular complexity index is 587. The number of rotatable bonds is 4. The van der Waals surface area contributed by atoms with Gasteiger partial charge >= 0.3 is 5.69 Å². The molecule has 7 nitrogen and oxygen atoms in total. The first-order valence-electron chi connectivity index (χ1n) is 7.52. The lowest BCUT2D eigenvalue weighted by atomic mass is 9.93. The summed E-state index contributed by atoms with van der Waals surface area (Å²) in [7, 11) is 0. The van der Waals surface area contributed by atoms with Gasteiger partial charge in [0.1, 0.15) is 5.60 Å². The highest BCUT2D eigenvalue weighted by Gasteiger charge is 2.34. The van der Waals surface area contributed by atoms with Crippen LogP contribution in [0.15, 0.2) is 4.79 Å². The third kappa shape index (κ3) is 3.72. The quantitative estimate of drug-likeness (QED) is 0.706. The number of aromatic nitrogens is 2. The van der Waals surface area contributed by atoms with Crippen LogP contribution < -0.4 is 5.69 Å². The summed E-state index contributed by atoms with van der Waals surface area (Å²) >= 11 is 0. The molecule has 22 heavy (non-hydrogen) atoms. The van der Waals surface area contributed by atoms with Gasteiger partial charge in [-0.2, -0.15) is 4.98 Å². The van der Waals surface area contributed by atoms with Crippen molar-refractivity contribution in [3.8, 4) is 0 Å². The van der Waals surface area contributed by atoms with Gasteiger partial charge in [0.2, 0.25) is 5.91 Å². The molecular weight excluding hydrogens is 286 g/mol. The Labute approximate surface area is 129 Å². The fourth-order valence-corrected chi connectivity index (χ4v) is 2.97. The first-order chi connectivity index (χ1) is 10.3. The minimum atomic E-state index is -1.18. The molecule has 0 saturated carbocycles. The van der Waals surface area contributed by atoms with Crippen LogP contribution in [0.2, 0.25) is 0 Å². The van der Waals surface area contributed by atoms with Crippen LogP contribution >= 0.6 is 0 Å². The number of β-amino-alcohol motifs (C(OH)–C–C–N with tert-alkyl or cyclic N) is 1. The van der Waals surface area contributed by atoms with Crippen LogP contribution in [0.4, 0.5) is 0 Å². The molecule has 1 saturated heterocycles. The number of hydrogen-bond donors (Lipinski definition) is 3. The Hall–Kier alpha value is -1.73. The van der Waals surface area contributed by atoms with Crippen molar-refractivity contribution in [1.29, 1.82) is 0 Å². The molecule has 0 bridgehead atoms. The number of amides is 1. The normalized spacial score (nSPS) is 21.9. The Morgan fingerprint density at radius 2 is 2.18 bits per heavy atom. The second kappa shape index (κ2) is 6.58. The molecule has 1 atom stereocenters. The molecule has 0 aliphatic carbocycles. The van der Waals surface area contributed by atoms with Crippen molar-refractivity contribution in [3.05, 3.63) is 27.4 Å². The molecule has 1 aromatic heterocycles. The lowest BCUT2D eigenvalue weighted by Crippen LogP contribution is -2.52. The lowest BCUT2D eigenvalue weighted by molar-refractivity contribution is -0.140. The zero-order chi connectivity index (χ0) is 16.3. The molecule has 2 rings (SSSR count). The minimum Gasteiger partial charge on any atom is -0.393 e. The first-order valence-corrected chi connectivity index (χ1v) is 7.52. The van der Waals surface area contributed by atoms with E-state index in [2.05, 4.69) is 9.97 Å². The number of likely N-dealkylation sites (tertiary alicyclic amines) is 1. The van der Waals surface area contributed by atoms with Gasteiger partial charge in [0.25, 0.3) is 0 Å². The van der Waals surface area contributed by atoms with E-state index < -0.39 is 5.60 Å². The third-order valence-corrected chi connectivity index (χ3v) is 4.24. The average Bonchev–Trinajstić information content (AvgIpc) is 2.46. The monoisotopic (exact) mass is 309 g/mol. The van der Waals surface area contributed by atoms with Crippen LogP contribution in [-0.4, -0.2) is 56.3 Å². The van der Waals surface area contributed by atoms with E-state index >= 15 is 0 Å². The van der Waals surface area contributed by atoms with Gasteiger partial charge in [0.15, 0.2) is 0 Å². The van der Waals surface area contributed by atoms with E-state index in [1.54, 1.807) is 18.7 Å². The van der Waals surface area contributed by atoms with E-state index in [-0.39, 0.29) is 31.2 Å². The standard InChI is InChI=1S/C15H23N3O4/c1-10-12(11(2)17-14(21)16-10)4-5-13(20)18-7-3-6-15(22,8-18)9-19/h19,22H,3-9H2,1-2H3,(H,16,17,21). The summed E-state index contributed by atoms with van der Waals surface area (Å²) < 4.78 is 0. The second-order valence-electron chi connectivity index (χ2n) is 6.03. The summed E-state index contributed by atoms with van der Waals surface area (Å²) in [6.07, 6.45) is 1.97. The van der Waals surface area contributed by atoms with E-state index in [0.29, 0.717) is 31.5 Å². The van der Waals surface area contributed by atoms with Gasteiger partial charge in [-0.05, 0) is 38.7 Å². The summed E-state index contributed by atoms with van der Waals surface area (Å²) in [4.78, 5) is 31.7. The van der Waals surface area contributed by atoms with Gasteiger partial charge in [-0.25, -0.2) is 4.79 Å². The van der Waals surface area contributed by atoms with Crippen molar-refractivity contribution >= 4 is 5.91 Å². The molecule has 1 unspecified atom stereocenters. The minimum absolute atomic E-state index is 0.0587. The average molecular weight is 309 g/mol. The number of nitrogens with zero attached hydrogens (tertiary/aromatic N) is 2. The molecular formula is C15H23N3O4. The van der Waals surface area contributed by atoms with Crippen molar-refractivity contribution in [2.24, 2.45) is 0 Å². The molecule has 1 aliphatic heterocycles. The number of aromatic amines is 1. The molecule has 0 aromatic carbocycles. The fourth-order valence-electron chi connectivity index (χ4n) is 2.97. The van der Waals surface area contributed by atoms with Crippen LogP contribution in [0.3, 0.4) is 0 Å². The number of carbonyl (C=O) groups is 1. The zero-order valence-corrected chi connectivity index (χ0v) is 13.1. The smallest absolute Gasteiger partial charge is 0.345 e. The van der Waals surface area contributed by atoms with E-state index in [1.165, 1.54) is 0 Å². The topological polar surface area (TPSA) is 107 Å². The van der Waals surface area contributed by atoms with Crippen LogP contribution in [-0.2, 0) is 11.2 Å². The van der Waals surface area contributed by atoms with Gasteiger partial charge in [-0.15, -0.1) is 0 Å². The molecule has 7 heteroatoms. The first kappa shape index (κ1) is 16.6. The van der Waals surface area contributed by atoms with Crippen molar-refractivity contribution in [3.63, 3.8) is 0 Å². The third-order valence-electron chi connectivity index (χ3n) is 4.24. The molecule has 1 amide bonds. The summed E-state index contributed by atoms with van der Waals surface area (Å²) in [5, 5.41) is 19.3. The number of carbonyl (C=O) groups excluding carboxylic acids is 1. The maximum absolute atomic E-state index is 12.3. The number of nitrogens with one attached hydrogen (secondary N) is 1. The van der Waals surface area contributed by atoms with Crippen molar-refractivity contribution in [2.45, 2.75) is 45.1 Å². The number of piperidine rings is 1. The number of H-pyrrole nitrogens is 1. The van der Waals surface area contributed by atoms with Gasteiger partial charge < -0.3 is 20.1 Å². The Morgan fingerprint density at radius 1 is 1.45 bits per heavy atom. The molecule has 3 N–H and O–H groups in total. The highest BCUT2D eigenvalue weighted by atomic mass is 16.3. The highest BCUT2D eigenvalue weighted by Crippen LogP contribution is 2.21. The van der Waals surface area contributed by atoms with Crippen molar-refractivity contribution in [2.75, 3.05) is 19.7 Å². The van der Waals surface area contributed by atoms with Crippen LogP contribution in [0.5, 0.6) is 0 Å². The number of hydrogen-bond acceptors (Lipinski definition) is 5. The molecule has 2 heterocycles. The maximum atomic E-state index is 12.3. The van der Waals surface area contributed by atoms with Crippen molar-refractivity contribution in [1.82, 2.24) is 14.9 Å². The summed E-state index contributed by atoms with van der Waals surface area (Å²) in [5.74, 6) is -0.0587. The van der Waals surface area contributed by atoms with Gasteiger partial charge in [-0.1, -0.05) is 0 Å². The van der Waals surface area contributed by atoms with E-state index in [0.717, 1.165) is 11.3 Å². The van der Waals surface area contributed by atoms with E-state index in [9.17, 15) is 19.8 Å². The van der Waals surface area contributed by atoms with Gasteiger partial charge in [0, 0.05) is 24.4 Å². The fraction of sp³-hybridized carbons (Fsp3) is 0.667. The van der Waals surface area contributed by atoms with E-state index in [4.69, 9.17) is 0 Å². The lowest BCUT2D eigenvalue weighted by Gasteiger charge is -2.38. The van der Waals surface area contributed by atoms with Crippen LogP contribution in [0.25, 0.3) is 0 Å². The van der Waals surface area contributed by atoms with Gasteiger partial charge in [-0.3, -0.25) is 4.79 Å². The predicted molar refractivity (Wildman–Crippen MR) is 80.5 cm³/mol. The van der Waals surface area contributed by atoms with Gasteiger partial charge in [0.05, 0.1) is 13.2 Å². The van der Waals surface area contributed by atoms with Crippen LogP contribution in [0.1, 0.15) is 36.2 Å². The molecule has 0 spiro atoms. The summed E-state index contributed by atoms with van der Waals surface area (Å²) in [6, 6.07) is 0. The predicted octanol–water partition coefficient (Wildman–Crippen LogP) is -0.335. The highest BCUT2D eigenvalue weighted by molar-refractivity contribution is 5.76. The number of aryl methyl sites for hydroxylation is 2. The van der Waals surface area contributed by atoms with Crippen LogP contribution in [0, 0.1) is 13.8 Å². The Kier molecular flexibility index (Phi) is 4.97. The maximum Gasteiger partial charge on any atom is 0.345 e. The Morgan fingerprint density at radius 3 is 2.82 bits per heavy atom. The largest absolute Gasteiger partial charge is 0.393 e. The number of aliphatic hydroxyl groups excluding tert-OH is 1. The zero-order valence-electron chi connectivity index (χ0n) is 13.1.